The lowest BCUT2D eigenvalue weighted by Crippen LogP contribution is -2.25. The van der Waals surface area contributed by atoms with Crippen molar-refractivity contribution in [3.05, 3.63) is 22.7 Å². The number of rotatable bonds is 8. The van der Waals surface area contributed by atoms with E-state index in [0.717, 1.165) is 25.0 Å². The molecule has 3 N–H and O–H groups in total. The van der Waals surface area contributed by atoms with Gasteiger partial charge in [-0.2, -0.15) is 11.8 Å². The van der Waals surface area contributed by atoms with Crippen molar-refractivity contribution in [2.45, 2.75) is 24.2 Å². The first-order chi connectivity index (χ1) is 8.97. The number of anilines is 1. The van der Waals surface area contributed by atoms with E-state index in [1.165, 1.54) is 6.07 Å². The van der Waals surface area contributed by atoms with E-state index < -0.39 is 10.0 Å². The number of halogens is 1. The highest BCUT2D eigenvalue weighted by molar-refractivity contribution is 9.10. The molecule has 0 aromatic heterocycles. The van der Waals surface area contributed by atoms with E-state index in [4.69, 9.17) is 5.73 Å². The van der Waals surface area contributed by atoms with Gasteiger partial charge in [0, 0.05) is 16.7 Å². The van der Waals surface area contributed by atoms with Crippen LogP contribution in [0.5, 0.6) is 0 Å². The molecular weight excluding hydrogens is 348 g/mol. The first-order valence-electron chi connectivity index (χ1n) is 6.01. The quantitative estimate of drug-likeness (QED) is 0.548. The van der Waals surface area contributed by atoms with Gasteiger partial charge in [-0.1, -0.05) is 6.42 Å². The molecule has 7 heteroatoms. The van der Waals surface area contributed by atoms with E-state index in [9.17, 15) is 8.42 Å². The number of benzene rings is 1. The molecule has 0 bridgehead atoms. The van der Waals surface area contributed by atoms with Crippen LogP contribution in [0.2, 0.25) is 0 Å². The van der Waals surface area contributed by atoms with Crippen molar-refractivity contribution in [1.29, 1.82) is 0 Å². The van der Waals surface area contributed by atoms with Crippen LogP contribution in [0.1, 0.15) is 19.3 Å². The Balaban J connectivity index is 2.54. The maximum Gasteiger partial charge on any atom is 0.241 e. The minimum atomic E-state index is -3.49. The summed E-state index contributed by atoms with van der Waals surface area (Å²) in [6, 6.07) is 4.76. The summed E-state index contributed by atoms with van der Waals surface area (Å²) >= 11 is 5.04. The first kappa shape index (κ1) is 16.8. The van der Waals surface area contributed by atoms with Crippen LogP contribution in [-0.2, 0) is 10.0 Å². The predicted molar refractivity (Wildman–Crippen MR) is 86.0 cm³/mol. The van der Waals surface area contributed by atoms with Gasteiger partial charge >= 0.3 is 0 Å². The van der Waals surface area contributed by atoms with Gasteiger partial charge in [0.05, 0.1) is 4.90 Å². The van der Waals surface area contributed by atoms with Crippen molar-refractivity contribution in [2.75, 3.05) is 24.3 Å². The first-order valence-corrected chi connectivity index (χ1v) is 9.68. The standard InChI is InChI=1S/C12H19BrN2O2S2/c1-18-8-4-2-3-7-15-19(16,17)12-9-10(14)5-6-11(12)13/h5-6,9,15H,2-4,7-8,14H2,1H3. The second-order valence-corrected chi connectivity index (χ2v) is 7.72. The molecule has 0 saturated heterocycles. The number of nitrogen functional groups attached to an aromatic ring is 1. The highest BCUT2D eigenvalue weighted by Crippen LogP contribution is 2.23. The molecule has 0 spiro atoms. The highest BCUT2D eigenvalue weighted by atomic mass is 79.9. The smallest absolute Gasteiger partial charge is 0.241 e. The molecule has 1 rings (SSSR count). The van der Waals surface area contributed by atoms with Gasteiger partial charge in [-0.25, -0.2) is 13.1 Å². The molecule has 0 aliphatic rings. The third kappa shape index (κ3) is 5.72. The summed E-state index contributed by atoms with van der Waals surface area (Å²) in [5.74, 6) is 1.12. The normalized spacial score (nSPS) is 11.7. The molecule has 4 nitrogen and oxygen atoms in total. The Hall–Kier alpha value is -0.240. The average molecular weight is 367 g/mol. The van der Waals surface area contributed by atoms with Crippen molar-refractivity contribution in [3.63, 3.8) is 0 Å². The number of nitrogens with one attached hydrogen (secondary N) is 1. The lowest BCUT2D eigenvalue weighted by Gasteiger charge is -2.09. The molecule has 0 radical (unpaired) electrons. The Labute approximate surface area is 127 Å². The third-order valence-electron chi connectivity index (χ3n) is 2.56. The van der Waals surface area contributed by atoms with Gasteiger partial charge in [-0.15, -0.1) is 0 Å². The van der Waals surface area contributed by atoms with Crippen LogP contribution in [0.15, 0.2) is 27.6 Å². The summed E-state index contributed by atoms with van der Waals surface area (Å²) in [5.41, 5.74) is 6.05. The van der Waals surface area contributed by atoms with Crippen LogP contribution < -0.4 is 10.5 Å². The van der Waals surface area contributed by atoms with Gasteiger partial charge in [0.1, 0.15) is 0 Å². The Morgan fingerprint density at radius 3 is 2.74 bits per heavy atom. The summed E-state index contributed by atoms with van der Waals surface area (Å²) in [4.78, 5) is 0.191. The van der Waals surface area contributed by atoms with Gasteiger partial charge in [-0.3, -0.25) is 0 Å². The Kier molecular flexibility index (Phi) is 7.20. The van der Waals surface area contributed by atoms with Crippen LogP contribution in [0.25, 0.3) is 0 Å². The summed E-state index contributed by atoms with van der Waals surface area (Å²) in [6.45, 7) is 0.456. The van der Waals surface area contributed by atoms with E-state index >= 15 is 0 Å². The molecule has 0 unspecified atom stereocenters. The molecule has 0 aliphatic heterocycles. The number of thioether (sulfide) groups is 1. The lowest BCUT2D eigenvalue weighted by molar-refractivity contribution is 0.576. The van der Waals surface area contributed by atoms with Gasteiger partial charge in [-0.05, 0) is 59.0 Å². The average Bonchev–Trinajstić information content (AvgIpc) is 2.36. The molecule has 0 atom stereocenters. The minimum Gasteiger partial charge on any atom is -0.399 e. The van der Waals surface area contributed by atoms with Crippen molar-refractivity contribution >= 4 is 43.4 Å². The highest BCUT2D eigenvalue weighted by Gasteiger charge is 2.17. The van der Waals surface area contributed by atoms with Gasteiger partial charge in [0.25, 0.3) is 0 Å². The third-order valence-corrected chi connectivity index (χ3v) is 5.71. The predicted octanol–water partition coefficient (Wildman–Crippen LogP) is 2.84. The Morgan fingerprint density at radius 2 is 2.05 bits per heavy atom. The number of sulfonamides is 1. The molecular formula is C12H19BrN2O2S2. The zero-order chi connectivity index (χ0) is 14.3. The van der Waals surface area contributed by atoms with Crippen LogP contribution in [0.3, 0.4) is 0 Å². The Morgan fingerprint density at radius 1 is 1.32 bits per heavy atom. The molecule has 0 aliphatic carbocycles. The molecule has 1 aromatic carbocycles. The van der Waals surface area contributed by atoms with Crippen molar-refractivity contribution in [3.8, 4) is 0 Å². The molecule has 0 fully saturated rings. The van der Waals surface area contributed by atoms with Crippen molar-refractivity contribution in [2.24, 2.45) is 0 Å². The molecule has 108 valence electrons. The number of hydrogen-bond acceptors (Lipinski definition) is 4. The molecule has 0 saturated carbocycles. The molecule has 0 amide bonds. The van der Waals surface area contributed by atoms with Crippen molar-refractivity contribution < 1.29 is 8.42 Å². The maximum absolute atomic E-state index is 12.1. The summed E-state index contributed by atoms with van der Waals surface area (Å²) < 4.78 is 27.3. The largest absolute Gasteiger partial charge is 0.399 e. The van der Waals surface area contributed by atoms with Crippen LogP contribution in [0.4, 0.5) is 5.69 Å². The van der Waals surface area contributed by atoms with Crippen LogP contribution in [0, 0.1) is 0 Å². The van der Waals surface area contributed by atoms with Crippen LogP contribution in [-0.4, -0.2) is 27.0 Å². The van der Waals surface area contributed by atoms with Crippen molar-refractivity contribution in [1.82, 2.24) is 4.72 Å². The van der Waals surface area contributed by atoms with E-state index in [1.54, 1.807) is 23.9 Å². The molecule has 0 heterocycles. The zero-order valence-corrected chi connectivity index (χ0v) is 14.1. The fourth-order valence-corrected chi connectivity index (χ4v) is 4.12. The van der Waals surface area contributed by atoms with Gasteiger partial charge in [0.2, 0.25) is 10.0 Å². The minimum absolute atomic E-state index is 0.191. The maximum atomic E-state index is 12.1. The van der Waals surface area contributed by atoms with Gasteiger partial charge < -0.3 is 5.73 Å². The number of nitrogens with two attached hydrogens (primary N) is 1. The van der Waals surface area contributed by atoms with E-state index in [2.05, 4.69) is 26.9 Å². The monoisotopic (exact) mass is 366 g/mol. The van der Waals surface area contributed by atoms with E-state index in [-0.39, 0.29) is 4.90 Å². The summed E-state index contributed by atoms with van der Waals surface area (Å²) in [5, 5.41) is 0. The topological polar surface area (TPSA) is 72.2 Å². The number of unbranched alkanes of at least 4 members (excludes halogenated alkanes) is 2. The molecule has 1 aromatic rings. The van der Waals surface area contributed by atoms with Gasteiger partial charge in [0.15, 0.2) is 0 Å². The van der Waals surface area contributed by atoms with E-state index in [1.807, 2.05) is 0 Å². The fourth-order valence-electron chi connectivity index (χ4n) is 1.56. The SMILES string of the molecule is CSCCCCCNS(=O)(=O)c1cc(N)ccc1Br. The lowest BCUT2D eigenvalue weighted by atomic mass is 10.2. The fraction of sp³-hybridized carbons (Fsp3) is 0.500. The Bertz CT molecular complexity index is 506. The van der Waals surface area contributed by atoms with Crippen LogP contribution >= 0.6 is 27.7 Å². The summed E-state index contributed by atoms with van der Waals surface area (Å²) in [7, 11) is -3.49. The second-order valence-electron chi connectivity index (χ2n) is 4.14. The summed E-state index contributed by atoms with van der Waals surface area (Å²) in [6.07, 6.45) is 5.06. The second kappa shape index (κ2) is 8.14. The number of hydrogen-bond donors (Lipinski definition) is 2. The van der Waals surface area contributed by atoms with E-state index in [0.29, 0.717) is 16.7 Å². The molecule has 19 heavy (non-hydrogen) atoms. The zero-order valence-electron chi connectivity index (χ0n) is 10.9.